The summed E-state index contributed by atoms with van der Waals surface area (Å²) in [6, 6.07) is 9.67. The molecule has 1 unspecified atom stereocenters. The Bertz CT molecular complexity index is 995. The molecule has 9 heteroatoms. The van der Waals surface area contributed by atoms with Crippen molar-refractivity contribution < 1.29 is 8.83 Å². The molecule has 0 bridgehead atoms. The Labute approximate surface area is 157 Å². The van der Waals surface area contributed by atoms with Crippen LogP contribution in [0.4, 0.5) is 0 Å². The van der Waals surface area contributed by atoms with Gasteiger partial charge < -0.3 is 8.83 Å². The molecule has 0 aliphatic heterocycles. The van der Waals surface area contributed by atoms with Crippen molar-refractivity contribution in [1.29, 1.82) is 0 Å². The average molecular weight is 385 g/mol. The van der Waals surface area contributed by atoms with Gasteiger partial charge in [-0.25, -0.2) is 4.98 Å². The molecule has 0 fully saturated rings. The van der Waals surface area contributed by atoms with Gasteiger partial charge in [0.25, 0.3) is 5.22 Å². The van der Waals surface area contributed by atoms with Crippen LogP contribution in [0.2, 0.25) is 0 Å². The fraction of sp³-hybridized carbons (Fsp3) is 0.235. The Kier molecular flexibility index (Phi) is 4.81. The summed E-state index contributed by atoms with van der Waals surface area (Å²) in [7, 11) is 0. The van der Waals surface area contributed by atoms with Crippen LogP contribution >= 0.6 is 23.1 Å². The average Bonchev–Trinajstić information content (AvgIpc) is 3.38. The molecule has 0 saturated carbocycles. The number of nitrogens with zero attached hydrogens (tertiary/aromatic N) is 5. The summed E-state index contributed by atoms with van der Waals surface area (Å²) in [5.74, 6) is 1.56. The lowest BCUT2D eigenvalue weighted by atomic mass is 10.2. The molecule has 132 valence electrons. The van der Waals surface area contributed by atoms with Gasteiger partial charge in [0.2, 0.25) is 17.7 Å². The Balaban J connectivity index is 1.42. The third-order valence-electron chi connectivity index (χ3n) is 3.53. The molecule has 3 aromatic heterocycles. The van der Waals surface area contributed by atoms with Crippen LogP contribution in [-0.4, -0.2) is 25.4 Å². The van der Waals surface area contributed by atoms with E-state index in [1.54, 1.807) is 11.3 Å². The minimum atomic E-state index is -0.102. The smallest absolute Gasteiger partial charge is 0.277 e. The Morgan fingerprint density at radius 1 is 1.08 bits per heavy atom. The van der Waals surface area contributed by atoms with Crippen LogP contribution in [0.3, 0.4) is 0 Å². The van der Waals surface area contributed by atoms with Crippen LogP contribution in [0.1, 0.15) is 34.7 Å². The van der Waals surface area contributed by atoms with E-state index in [1.807, 2.05) is 49.6 Å². The van der Waals surface area contributed by atoms with Crippen molar-refractivity contribution in [2.24, 2.45) is 0 Å². The van der Waals surface area contributed by atoms with Gasteiger partial charge in [-0.05, 0) is 26.0 Å². The summed E-state index contributed by atoms with van der Waals surface area (Å²) in [5, 5.41) is 19.8. The molecule has 0 spiro atoms. The molecule has 0 N–H and O–H groups in total. The number of aryl methyl sites for hydroxylation is 1. The molecule has 3 heterocycles. The van der Waals surface area contributed by atoms with Crippen molar-refractivity contribution in [2.75, 3.05) is 0 Å². The van der Waals surface area contributed by atoms with Gasteiger partial charge in [0.05, 0.1) is 22.4 Å². The largest absolute Gasteiger partial charge is 0.419 e. The van der Waals surface area contributed by atoms with Gasteiger partial charge in [0.1, 0.15) is 0 Å². The first-order chi connectivity index (χ1) is 12.7. The number of hydrogen-bond acceptors (Lipinski definition) is 9. The second kappa shape index (κ2) is 7.38. The zero-order valence-electron chi connectivity index (χ0n) is 14.1. The molecule has 1 atom stereocenters. The maximum absolute atomic E-state index is 5.77. The summed E-state index contributed by atoms with van der Waals surface area (Å²) in [5.41, 5.74) is 1.83. The third kappa shape index (κ3) is 3.83. The van der Waals surface area contributed by atoms with Gasteiger partial charge in [-0.3, -0.25) is 0 Å². The highest BCUT2D eigenvalue weighted by molar-refractivity contribution is 7.99. The van der Waals surface area contributed by atoms with Crippen LogP contribution in [0, 0.1) is 6.92 Å². The number of aromatic nitrogens is 5. The van der Waals surface area contributed by atoms with Crippen molar-refractivity contribution in [3.63, 3.8) is 0 Å². The number of benzene rings is 1. The standard InChI is InChI=1S/C17H15N5O2S2/c1-10(15-20-21-16(24-15)12-6-4-3-5-7-12)26-17-22-19-14(23-17)8-13-9-25-11(2)18-13/h3-7,9-10H,8H2,1-2H3. The predicted molar refractivity (Wildman–Crippen MR) is 98.0 cm³/mol. The molecule has 4 rings (SSSR count). The number of thiazole rings is 1. The predicted octanol–water partition coefficient (Wildman–Crippen LogP) is 4.33. The summed E-state index contributed by atoms with van der Waals surface area (Å²) < 4.78 is 11.5. The van der Waals surface area contributed by atoms with Gasteiger partial charge in [0, 0.05) is 10.9 Å². The van der Waals surface area contributed by atoms with Gasteiger partial charge >= 0.3 is 0 Å². The summed E-state index contributed by atoms with van der Waals surface area (Å²) >= 11 is 2.99. The van der Waals surface area contributed by atoms with Crippen LogP contribution in [-0.2, 0) is 6.42 Å². The van der Waals surface area contributed by atoms with Gasteiger partial charge in [-0.15, -0.1) is 31.7 Å². The molecule has 1 aromatic carbocycles. The quantitative estimate of drug-likeness (QED) is 0.453. The minimum Gasteiger partial charge on any atom is -0.419 e. The van der Waals surface area contributed by atoms with Crippen molar-refractivity contribution >= 4 is 23.1 Å². The lowest BCUT2D eigenvalue weighted by molar-refractivity contribution is 0.417. The van der Waals surface area contributed by atoms with E-state index >= 15 is 0 Å². The summed E-state index contributed by atoms with van der Waals surface area (Å²) in [6.07, 6.45) is 0.533. The summed E-state index contributed by atoms with van der Waals surface area (Å²) in [4.78, 5) is 4.41. The van der Waals surface area contributed by atoms with E-state index in [0.29, 0.717) is 29.3 Å². The van der Waals surface area contributed by atoms with Crippen LogP contribution in [0.25, 0.3) is 11.5 Å². The highest BCUT2D eigenvalue weighted by Gasteiger charge is 2.19. The highest BCUT2D eigenvalue weighted by Crippen LogP contribution is 2.34. The van der Waals surface area contributed by atoms with Gasteiger partial charge in [-0.2, -0.15) is 0 Å². The van der Waals surface area contributed by atoms with Gasteiger partial charge in [-0.1, -0.05) is 30.0 Å². The maximum atomic E-state index is 5.77. The first-order valence-electron chi connectivity index (χ1n) is 7.96. The molecule has 0 radical (unpaired) electrons. The van der Waals surface area contributed by atoms with Crippen molar-refractivity contribution in [3.8, 4) is 11.5 Å². The number of thioether (sulfide) groups is 1. The van der Waals surface area contributed by atoms with Crippen LogP contribution in [0.5, 0.6) is 0 Å². The first kappa shape index (κ1) is 16.9. The molecule has 0 saturated heterocycles. The van der Waals surface area contributed by atoms with Gasteiger partial charge in [0.15, 0.2) is 0 Å². The molecule has 7 nitrogen and oxygen atoms in total. The SMILES string of the molecule is Cc1nc(Cc2nnc(SC(C)c3nnc(-c4ccccc4)o3)o2)cs1. The molecule has 0 amide bonds. The highest BCUT2D eigenvalue weighted by atomic mass is 32.2. The maximum Gasteiger partial charge on any atom is 0.277 e. The molecule has 4 aromatic rings. The monoisotopic (exact) mass is 385 g/mol. The molecule has 26 heavy (non-hydrogen) atoms. The fourth-order valence-corrected chi connectivity index (χ4v) is 3.64. The Morgan fingerprint density at radius 3 is 2.69 bits per heavy atom. The molecular weight excluding hydrogens is 370 g/mol. The van der Waals surface area contributed by atoms with E-state index in [9.17, 15) is 0 Å². The topological polar surface area (TPSA) is 90.7 Å². The van der Waals surface area contributed by atoms with Crippen LogP contribution < -0.4 is 0 Å². The third-order valence-corrected chi connectivity index (χ3v) is 5.28. The molecule has 0 aliphatic rings. The molecular formula is C17H15N5O2S2. The molecule has 0 aliphatic carbocycles. The lowest BCUT2D eigenvalue weighted by Crippen LogP contribution is -1.88. The first-order valence-corrected chi connectivity index (χ1v) is 9.72. The van der Waals surface area contributed by atoms with Crippen molar-refractivity contribution in [3.05, 3.63) is 58.2 Å². The normalized spacial score (nSPS) is 12.4. The Morgan fingerprint density at radius 2 is 1.92 bits per heavy atom. The second-order valence-electron chi connectivity index (χ2n) is 5.57. The van der Waals surface area contributed by atoms with E-state index in [0.717, 1.165) is 16.3 Å². The minimum absolute atomic E-state index is 0.102. The van der Waals surface area contributed by atoms with Crippen molar-refractivity contribution in [1.82, 2.24) is 25.4 Å². The fourth-order valence-electron chi connectivity index (χ4n) is 2.30. The number of rotatable bonds is 6. The lowest BCUT2D eigenvalue weighted by Gasteiger charge is -2.01. The van der Waals surface area contributed by atoms with Crippen LogP contribution in [0.15, 0.2) is 49.8 Å². The van der Waals surface area contributed by atoms with Crippen molar-refractivity contribution in [2.45, 2.75) is 30.7 Å². The van der Waals surface area contributed by atoms with E-state index in [2.05, 4.69) is 25.4 Å². The zero-order valence-corrected chi connectivity index (χ0v) is 15.8. The second-order valence-corrected chi connectivity index (χ2v) is 7.92. The zero-order chi connectivity index (χ0) is 17.9. The number of hydrogen-bond donors (Lipinski definition) is 0. The van der Waals surface area contributed by atoms with E-state index in [-0.39, 0.29) is 5.25 Å². The summed E-state index contributed by atoms with van der Waals surface area (Å²) in [6.45, 7) is 3.93. The van der Waals surface area contributed by atoms with E-state index in [4.69, 9.17) is 8.83 Å². The van der Waals surface area contributed by atoms with E-state index < -0.39 is 0 Å². The Hall–Kier alpha value is -2.52. The van der Waals surface area contributed by atoms with E-state index in [1.165, 1.54) is 11.8 Å².